The molecule has 23 heavy (non-hydrogen) atoms. The van der Waals surface area contributed by atoms with Crippen molar-refractivity contribution in [1.82, 2.24) is 20.2 Å². The number of fused-ring (bicyclic) bond motifs is 1. The van der Waals surface area contributed by atoms with Crippen LogP contribution in [-0.2, 0) is 12.8 Å². The molecular weight excluding hydrogens is 288 g/mol. The van der Waals surface area contributed by atoms with Crippen LogP contribution in [0.25, 0.3) is 0 Å². The minimum atomic E-state index is 0.630. The standard InChI is InChI=1S/C17H22N6/c1-11-6-7-16(22-21-11)23-9-13(10-23)8-18-17-14-4-3-5-15(14)19-12(2)20-17/h6-7,13H,3-5,8-10H2,1-2H3,(H,18,19,20). The highest BCUT2D eigenvalue weighted by Gasteiger charge is 2.28. The van der Waals surface area contributed by atoms with Crippen molar-refractivity contribution >= 4 is 11.6 Å². The first-order valence-electron chi connectivity index (χ1n) is 8.34. The Hall–Kier alpha value is -2.24. The minimum Gasteiger partial charge on any atom is -0.369 e. The van der Waals surface area contributed by atoms with Gasteiger partial charge in [-0.3, -0.25) is 0 Å². The molecule has 0 atom stereocenters. The van der Waals surface area contributed by atoms with Crippen LogP contribution in [0.15, 0.2) is 12.1 Å². The van der Waals surface area contributed by atoms with E-state index in [9.17, 15) is 0 Å². The van der Waals surface area contributed by atoms with Gasteiger partial charge in [0, 0.05) is 36.8 Å². The summed E-state index contributed by atoms with van der Waals surface area (Å²) in [6.07, 6.45) is 3.40. The number of hydrogen-bond donors (Lipinski definition) is 1. The predicted molar refractivity (Wildman–Crippen MR) is 89.8 cm³/mol. The molecule has 1 aliphatic heterocycles. The summed E-state index contributed by atoms with van der Waals surface area (Å²) in [4.78, 5) is 11.4. The average Bonchev–Trinajstić information content (AvgIpc) is 2.95. The highest BCUT2D eigenvalue weighted by Crippen LogP contribution is 2.27. The van der Waals surface area contributed by atoms with E-state index in [0.29, 0.717) is 5.92 Å². The summed E-state index contributed by atoms with van der Waals surface area (Å²) in [5.41, 5.74) is 3.53. The Bertz CT molecular complexity index is 706. The Balaban J connectivity index is 1.34. The zero-order valence-corrected chi connectivity index (χ0v) is 13.7. The Kier molecular flexibility index (Phi) is 3.59. The first-order valence-corrected chi connectivity index (χ1v) is 8.34. The van der Waals surface area contributed by atoms with Gasteiger partial charge in [-0.15, -0.1) is 5.10 Å². The molecule has 0 unspecified atom stereocenters. The van der Waals surface area contributed by atoms with E-state index in [1.165, 1.54) is 17.7 Å². The molecule has 3 heterocycles. The van der Waals surface area contributed by atoms with Gasteiger partial charge >= 0.3 is 0 Å². The molecule has 2 aromatic rings. The molecule has 0 amide bonds. The van der Waals surface area contributed by atoms with E-state index in [-0.39, 0.29) is 0 Å². The largest absolute Gasteiger partial charge is 0.369 e. The Morgan fingerprint density at radius 3 is 2.78 bits per heavy atom. The fourth-order valence-corrected chi connectivity index (χ4v) is 3.39. The van der Waals surface area contributed by atoms with Crippen molar-refractivity contribution in [2.24, 2.45) is 5.92 Å². The van der Waals surface area contributed by atoms with Gasteiger partial charge in [0.25, 0.3) is 0 Å². The summed E-state index contributed by atoms with van der Waals surface area (Å²) >= 11 is 0. The van der Waals surface area contributed by atoms with Crippen molar-refractivity contribution in [2.75, 3.05) is 29.9 Å². The summed E-state index contributed by atoms with van der Waals surface area (Å²) in [7, 11) is 0. The Morgan fingerprint density at radius 2 is 2.00 bits per heavy atom. The molecule has 1 aliphatic carbocycles. The topological polar surface area (TPSA) is 66.8 Å². The lowest BCUT2D eigenvalue weighted by atomic mass is 10.00. The van der Waals surface area contributed by atoms with Gasteiger partial charge in [0.1, 0.15) is 11.6 Å². The number of nitrogens with zero attached hydrogens (tertiary/aromatic N) is 5. The minimum absolute atomic E-state index is 0.630. The van der Waals surface area contributed by atoms with E-state index in [4.69, 9.17) is 0 Å². The third kappa shape index (κ3) is 2.85. The summed E-state index contributed by atoms with van der Waals surface area (Å²) in [5, 5.41) is 11.9. The van der Waals surface area contributed by atoms with Crippen LogP contribution in [-0.4, -0.2) is 39.8 Å². The van der Waals surface area contributed by atoms with Gasteiger partial charge < -0.3 is 10.2 Å². The quantitative estimate of drug-likeness (QED) is 0.930. The number of hydrogen-bond acceptors (Lipinski definition) is 6. The molecule has 0 radical (unpaired) electrons. The monoisotopic (exact) mass is 310 g/mol. The predicted octanol–water partition coefficient (Wildman–Crippen LogP) is 1.92. The van der Waals surface area contributed by atoms with Crippen molar-refractivity contribution in [3.8, 4) is 0 Å². The van der Waals surface area contributed by atoms with Gasteiger partial charge in [-0.1, -0.05) is 0 Å². The van der Waals surface area contributed by atoms with E-state index < -0.39 is 0 Å². The second-order valence-electron chi connectivity index (χ2n) is 6.58. The van der Waals surface area contributed by atoms with Crippen molar-refractivity contribution in [2.45, 2.75) is 33.1 Å². The number of aryl methyl sites for hydroxylation is 3. The molecule has 1 saturated heterocycles. The van der Waals surface area contributed by atoms with Gasteiger partial charge in [0.05, 0.1) is 5.69 Å². The third-order valence-corrected chi connectivity index (χ3v) is 4.67. The van der Waals surface area contributed by atoms with Crippen molar-refractivity contribution in [1.29, 1.82) is 0 Å². The molecule has 120 valence electrons. The molecule has 0 bridgehead atoms. The van der Waals surface area contributed by atoms with E-state index in [1.807, 2.05) is 26.0 Å². The second kappa shape index (κ2) is 5.76. The fraction of sp³-hybridized carbons (Fsp3) is 0.529. The number of nitrogens with one attached hydrogen (secondary N) is 1. The summed E-state index contributed by atoms with van der Waals surface area (Å²) in [6, 6.07) is 4.06. The van der Waals surface area contributed by atoms with Crippen LogP contribution in [0.1, 0.15) is 29.2 Å². The van der Waals surface area contributed by atoms with Crippen LogP contribution in [0.2, 0.25) is 0 Å². The van der Waals surface area contributed by atoms with Crippen LogP contribution in [0, 0.1) is 19.8 Å². The van der Waals surface area contributed by atoms with E-state index in [1.54, 1.807) is 0 Å². The van der Waals surface area contributed by atoms with Gasteiger partial charge in [0.2, 0.25) is 0 Å². The lowest BCUT2D eigenvalue weighted by Crippen LogP contribution is -2.50. The smallest absolute Gasteiger partial charge is 0.151 e. The van der Waals surface area contributed by atoms with E-state index in [2.05, 4.69) is 30.4 Å². The van der Waals surface area contributed by atoms with Crippen LogP contribution in [0.4, 0.5) is 11.6 Å². The first kappa shape index (κ1) is 14.4. The maximum Gasteiger partial charge on any atom is 0.151 e. The second-order valence-corrected chi connectivity index (χ2v) is 6.58. The highest BCUT2D eigenvalue weighted by atomic mass is 15.3. The van der Waals surface area contributed by atoms with E-state index >= 15 is 0 Å². The molecule has 6 heteroatoms. The lowest BCUT2D eigenvalue weighted by molar-refractivity contribution is 0.425. The van der Waals surface area contributed by atoms with Gasteiger partial charge in [-0.05, 0) is 45.2 Å². The van der Waals surface area contributed by atoms with Crippen molar-refractivity contribution in [3.05, 3.63) is 34.9 Å². The molecule has 0 saturated carbocycles. The number of aromatic nitrogens is 4. The number of rotatable bonds is 4. The molecule has 0 aromatic carbocycles. The van der Waals surface area contributed by atoms with Crippen molar-refractivity contribution in [3.63, 3.8) is 0 Å². The molecule has 1 fully saturated rings. The van der Waals surface area contributed by atoms with Gasteiger partial charge in [-0.2, -0.15) is 5.10 Å². The van der Waals surface area contributed by atoms with Crippen LogP contribution < -0.4 is 10.2 Å². The molecule has 1 N–H and O–H groups in total. The summed E-state index contributed by atoms with van der Waals surface area (Å²) < 4.78 is 0. The maximum atomic E-state index is 4.60. The highest BCUT2D eigenvalue weighted by molar-refractivity contribution is 5.49. The fourth-order valence-electron chi connectivity index (χ4n) is 3.39. The van der Waals surface area contributed by atoms with Crippen LogP contribution >= 0.6 is 0 Å². The first-order chi connectivity index (χ1) is 11.2. The Morgan fingerprint density at radius 1 is 1.13 bits per heavy atom. The molecule has 2 aromatic heterocycles. The molecule has 4 rings (SSSR count). The molecule has 2 aliphatic rings. The Labute approximate surface area is 136 Å². The summed E-state index contributed by atoms with van der Waals surface area (Å²) in [5.74, 6) is 3.54. The van der Waals surface area contributed by atoms with Gasteiger partial charge in [-0.25, -0.2) is 9.97 Å². The van der Waals surface area contributed by atoms with Gasteiger partial charge in [0.15, 0.2) is 5.82 Å². The molecule has 0 spiro atoms. The van der Waals surface area contributed by atoms with E-state index in [0.717, 1.165) is 55.6 Å². The molecule has 6 nitrogen and oxygen atoms in total. The zero-order chi connectivity index (χ0) is 15.8. The zero-order valence-electron chi connectivity index (χ0n) is 13.7. The van der Waals surface area contributed by atoms with Crippen molar-refractivity contribution < 1.29 is 0 Å². The normalized spacial score (nSPS) is 17.0. The third-order valence-electron chi connectivity index (χ3n) is 4.67. The average molecular weight is 310 g/mol. The summed E-state index contributed by atoms with van der Waals surface area (Å²) in [6.45, 7) is 6.94. The molecular formula is C17H22N6. The number of anilines is 2. The van der Waals surface area contributed by atoms with Crippen LogP contribution in [0.3, 0.4) is 0 Å². The maximum absolute atomic E-state index is 4.60. The SMILES string of the molecule is Cc1ccc(N2CC(CNc3nc(C)nc4c3CCC4)C2)nn1. The lowest BCUT2D eigenvalue weighted by Gasteiger charge is -2.40. The van der Waals surface area contributed by atoms with Crippen LogP contribution in [0.5, 0.6) is 0 Å².